The molecule has 1 saturated carbocycles. The summed E-state index contributed by atoms with van der Waals surface area (Å²) >= 11 is 0. The zero-order valence-electron chi connectivity index (χ0n) is 17.2. The summed E-state index contributed by atoms with van der Waals surface area (Å²) in [7, 11) is 2.04. The number of hydrogen-bond donors (Lipinski definition) is 1. The van der Waals surface area contributed by atoms with E-state index in [0.717, 1.165) is 31.6 Å². The molecule has 5 nitrogen and oxygen atoms in total. The summed E-state index contributed by atoms with van der Waals surface area (Å²) in [6.45, 7) is 6.13. The average Bonchev–Trinajstić information content (AvgIpc) is 2.68. The van der Waals surface area contributed by atoms with Crippen LogP contribution in [0.5, 0.6) is 0 Å². The third kappa shape index (κ3) is 6.65. The van der Waals surface area contributed by atoms with Crippen LogP contribution < -0.4 is 5.32 Å². The lowest BCUT2D eigenvalue weighted by atomic mass is 9.94. The second-order valence-electron chi connectivity index (χ2n) is 7.62. The van der Waals surface area contributed by atoms with E-state index in [1.807, 2.05) is 24.1 Å². The third-order valence-electron chi connectivity index (χ3n) is 5.28. The van der Waals surface area contributed by atoms with Crippen LogP contribution in [0.2, 0.25) is 0 Å². The highest BCUT2D eigenvalue weighted by molar-refractivity contribution is 5.96. The van der Waals surface area contributed by atoms with E-state index in [9.17, 15) is 9.59 Å². The molecule has 1 N–H and O–H groups in total. The molecule has 1 fully saturated rings. The van der Waals surface area contributed by atoms with Gasteiger partial charge < -0.3 is 10.2 Å². The van der Waals surface area contributed by atoms with Crippen molar-refractivity contribution in [3.05, 3.63) is 29.8 Å². The minimum absolute atomic E-state index is 0.000688. The van der Waals surface area contributed by atoms with E-state index in [4.69, 9.17) is 0 Å². The van der Waals surface area contributed by atoms with E-state index in [2.05, 4.69) is 24.1 Å². The van der Waals surface area contributed by atoms with Crippen LogP contribution in [-0.4, -0.2) is 54.3 Å². The molecule has 1 aliphatic rings. The number of amides is 2. The van der Waals surface area contributed by atoms with Gasteiger partial charge in [0.25, 0.3) is 5.91 Å². The lowest BCUT2D eigenvalue weighted by Crippen LogP contribution is -2.39. The molecule has 1 aliphatic carbocycles. The summed E-state index contributed by atoms with van der Waals surface area (Å²) < 4.78 is 0. The normalized spacial score (nSPS) is 15.0. The molecule has 1 aromatic rings. The van der Waals surface area contributed by atoms with Crippen LogP contribution in [0.1, 0.15) is 69.2 Å². The van der Waals surface area contributed by atoms with Gasteiger partial charge in [-0.1, -0.05) is 33.1 Å². The molecule has 0 saturated heterocycles. The Hall–Kier alpha value is -1.88. The molecule has 0 unspecified atom stereocenters. The molecule has 2 rings (SSSR count). The van der Waals surface area contributed by atoms with E-state index in [-0.39, 0.29) is 11.8 Å². The standard InChI is InChI=1S/C22H35N3O2/c1-4-15-25(16-5-2)22(27)18-11-13-19(14-12-18)23-21(26)17-24(3)20-9-7-6-8-10-20/h11-14,20H,4-10,15-17H2,1-3H3,(H,23,26). The number of hydrogen-bond acceptors (Lipinski definition) is 3. The summed E-state index contributed by atoms with van der Waals surface area (Å²) in [5, 5.41) is 2.95. The highest BCUT2D eigenvalue weighted by Gasteiger charge is 2.20. The smallest absolute Gasteiger partial charge is 0.253 e. The number of rotatable bonds is 9. The molecule has 0 spiro atoms. The predicted molar refractivity (Wildman–Crippen MR) is 111 cm³/mol. The van der Waals surface area contributed by atoms with Crippen molar-refractivity contribution in [2.24, 2.45) is 0 Å². The minimum atomic E-state index is 0.000688. The quantitative estimate of drug-likeness (QED) is 0.707. The van der Waals surface area contributed by atoms with Crippen LogP contribution in [-0.2, 0) is 4.79 Å². The van der Waals surface area contributed by atoms with Crippen molar-refractivity contribution >= 4 is 17.5 Å². The van der Waals surface area contributed by atoms with Gasteiger partial charge in [-0.25, -0.2) is 0 Å². The monoisotopic (exact) mass is 373 g/mol. The van der Waals surface area contributed by atoms with Crippen molar-refractivity contribution in [1.29, 1.82) is 0 Å². The fourth-order valence-corrected chi connectivity index (χ4v) is 3.81. The largest absolute Gasteiger partial charge is 0.339 e. The molecule has 1 aromatic carbocycles. The van der Waals surface area contributed by atoms with E-state index >= 15 is 0 Å². The molecular weight excluding hydrogens is 338 g/mol. The molecule has 2 amide bonds. The van der Waals surface area contributed by atoms with Gasteiger partial charge in [0, 0.05) is 30.4 Å². The summed E-state index contributed by atoms with van der Waals surface area (Å²) in [4.78, 5) is 29.0. The molecule has 0 aliphatic heterocycles. The molecule has 5 heteroatoms. The number of anilines is 1. The molecule has 150 valence electrons. The fraction of sp³-hybridized carbons (Fsp3) is 0.636. The number of likely N-dealkylation sites (N-methyl/N-ethyl adjacent to an activating group) is 1. The van der Waals surface area contributed by atoms with E-state index in [1.165, 1.54) is 32.1 Å². The van der Waals surface area contributed by atoms with Crippen molar-refractivity contribution in [2.45, 2.75) is 64.8 Å². The Morgan fingerprint density at radius 2 is 1.59 bits per heavy atom. The van der Waals surface area contributed by atoms with Crippen molar-refractivity contribution in [1.82, 2.24) is 9.80 Å². The molecule has 0 bridgehead atoms. The van der Waals surface area contributed by atoms with Crippen LogP contribution in [0.15, 0.2) is 24.3 Å². The molecule has 0 aromatic heterocycles. The summed E-state index contributed by atoms with van der Waals surface area (Å²) in [6.07, 6.45) is 8.12. The Morgan fingerprint density at radius 3 is 2.15 bits per heavy atom. The Kier molecular flexibility index (Phi) is 8.79. The van der Waals surface area contributed by atoms with Gasteiger partial charge in [0.15, 0.2) is 0 Å². The van der Waals surface area contributed by atoms with Crippen LogP contribution >= 0.6 is 0 Å². The number of benzene rings is 1. The topological polar surface area (TPSA) is 52.7 Å². The van der Waals surface area contributed by atoms with Gasteiger partial charge in [0.1, 0.15) is 0 Å². The Bertz CT molecular complexity index is 588. The predicted octanol–water partition coefficient (Wildman–Crippen LogP) is 4.15. The Balaban J connectivity index is 1.88. The average molecular weight is 374 g/mol. The van der Waals surface area contributed by atoms with Gasteiger partial charge in [-0.05, 0) is 57.0 Å². The second-order valence-corrected chi connectivity index (χ2v) is 7.62. The molecule has 0 atom stereocenters. The SMILES string of the molecule is CCCN(CCC)C(=O)c1ccc(NC(=O)CN(C)C2CCCCC2)cc1. The van der Waals surface area contributed by atoms with Gasteiger partial charge >= 0.3 is 0 Å². The van der Waals surface area contributed by atoms with Crippen LogP contribution in [0.25, 0.3) is 0 Å². The number of nitrogens with one attached hydrogen (secondary N) is 1. The van der Waals surface area contributed by atoms with Crippen molar-refractivity contribution < 1.29 is 9.59 Å². The zero-order chi connectivity index (χ0) is 19.6. The van der Waals surface area contributed by atoms with Crippen molar-refractivity contribution in [3.63, 3.8) is 0 Å². The first-order valence-electron chi connectivity index (χ1n) is 10.4. The van der Waals surface area contributed by atoms with Crippen molar-refractivity contribution in [2.75, 3.05) is 32.0 Å². The minimum Gasteiger partial charge on any atom is -0.339 e. The van der Waals surface area contributed by atoms with Crippen LogP contribution in [0.4, 0.5) is 5.69 Å². The number of carbonyl (C=O) groups excluding carboxylic acids is 2. The fourth-order valence-electron chi connectivity index (χ4n) is 3.81. The van der Waals surface area contributed by atoms with Crippen LogP contribution in [0, 0.1) is 0 Å². The van der Waals surface area contributed by atoms with E-state index in [1.54, 1.807) is 12.1 Å². The van der Waals surface area contributed by atoms with Gasteiger partial charge in [-0.3, -0.25) is 14.5 Å². The first kappa shape index (κ1) is 21.4. The first-order chi connectivity index (χ1) is 13.0. The maximum absolute atomic E-state index is 12.6. The first-order valence-corrected chi connectivity index (χ1v) is 10.4. The molecule has 0 radical (unpaired) electrons. The maximum atomic E-state index is 12.6. The van der Waals surface area contributed by atoms with Gasteiger partial charge in [-0.2, -0.15) is 0 Å². The maximum Gasteiger partial charge on any atom is 0.253 e. The van der Waals surface area contributed by atoms with Gasteiger partial charge in [-0.15, -0.1) is 0 Å². The highest BCUT2D eigenvalue weighted by atomic mass is 16.2. The number of nitrogens with zero attached hydrogens (tertiary/aromatic N) is 2. The molecule has 27 heavy (non-hydrogen) atoms. The lowest BCUT2D eigenvalue weighted by molar-refractivity contribution is -0.117. The molecule has 0 heterocycles. The number of carbonyl (C=O) groups is 2. The summed E-state index contributed by atoms with van der Waals surface area (Å²) in [5.74, 6) is 0.0642. The molecular formula is C22H35N3O2. The van der Waals surface area contributed by atoms with Crippen LogP contribution in [0.3, 0.4) is 0 Å². The Morgan fingerprint density at radius 1 is 1.00 bits per heavy atom. The zero-order valence-corrected chi connectivity index (χ0v) is 17.2. The summed E-state index contributed by atoms with van der Waals surface area (Å²) in [6, 6.07) is 7.78. The lowest BCUT2D eigenvalue weighted by Gasteiger charge is -2.30. The second kappa shape index (κ2) is 11.1. The van der Waals surface area contributed by atoms with Gasteiger partial charge in [0.2, 0.25) is 5.91 Å². The summed E-state index contributed by atoms with van der Waals surface area (Å²) in [5.41, 5.74) is 1.42. The van der Waals surface area contributed by atoms with E-state index in [0.29, 0.717) is 18.2 Å². The Labute approximate surface area is 164 Å². The van der Waals surface area contributed by atoms with E-state index < -0.39 is 0 Å². The highest BCUT2D eigenvalue weighted by Crippen LogP contribution is 2.21. The van der Waals surface area contributed by atoms with Crippen molar-refractivity contribution in [3.8, 4) is 0 Å². The third-order valence-corrected chi connectivity index (χ3v) is 5.28. The van der Waals surface area contributed by atoms with Gasteiger partial charge in [0.05, 0.1) is 6.54 Å².